The molecular formula is C29H41FN4. The molecular weight excluding hydrogens is 423 g/mol. The first kappa shape index (κ1) is 27.5. The van der Waals surface area contributed by atoms with Gasteiger partial charge in [-0.15, -0.1) is 0 Å². The Morgan fingerprint density at radius 2 is 1.97 bits per heavy atom. The number of hydrogen-bond acceptors (Lipinski definition) is 4. The van der Waals surface area contributed by atoms with E-state index in [0.717, 1.165) is 35.3 Å². The SMILES string of the molecule is C=CC=C(/C=C\N(C)C(CC)c1cc(F)cc(CC)c1)C(/C=C\N=C)=NCNC1CCCCC1. The Kier molecular flexibility index (Phi) is 12.3. The number of nitrogens with one attached hydrogen (secondary N) is 1. The minimum Gasteiger partial charge on any atom is -0.373 e. The molecule has 0 amide bonds. The van der Waals surface area contributed by atoms with E-state index in [1.807, 2.05) is 38.4 Å². The first-order chi connectivity index (χ1) is 16.5. The lowest BCUT2D eigenvalue weighted by atomic mass is 9.96. The summed E-state index contributed by atoms with van der Waals surface area (Å²) in [5, 5.41) is 3.56. The maximum atomic E-state index is 14.2. The number of aliphatic imine (C=N–C) groups is 2. The molecule has 34 heavy (non-hydrogen) atoms. The minimum atomic E-state index is -0.181. The smallest absolute Gasteiger partial charge is 0.123 e. The highest BCUT2D eigenvalue weighted by Crippen LogP contribution is 2.26. The van der Waals surface area contributed by atoms with Crippen LogP contribution in [-0.2, 0) is 6.42 Å². The molecule has 1 N–H and O–H groups in total. The van der Waals surface area contributed by atoms with Gasteiger partial charge < -0.3 is 4.90 Å². The maximum absolute atomic E-state index is 14.2. The van der Waals surface area contributed by atoms with Crippen molar-refractivity contribution in [2.45, 2.75) is 70.9 Å². The molecule has 2 rings (SSSR count). The predicted molar refractivity (Wildman–Crippen MR) is 145 cm³/mol. The maximum Gasteiger partial charge on any atom is 0.123 e. The molecule has 184 valence electrons. The summed E-state index contributed by atoms with van der Waals surface area (Å²) in [6, 6.07) is 5.96. The second-order valence-corrected chi connectivity index (χ2v) is 8.75. The average molecular weight is 465 g/mol. The van der Waals surface area contributed by atoms with E-state index in [1.165, 1.54) is 32.1 Å². The zero-order chi connectivity index (χ0) is 24.8. The summed E-state index contributed by atoms with van der Waals surface area (Å²) in [6.07, 6.45) is 19.3. The molecule has 5 heteroatoms. The van der Waals surface area contributed by atoms with Crippen molar-refractivity contribution in [2.75, 3.05) is 13.7 Å². The van der Waals surface area contributed by atoms with Gasteiger partial charge in [-0.25, -0.2) is 4.39 Å². The van der Waals surface area contributed by atoms with Crippen LogP contribution in [0.2, 0.25) is 0 Å². The van der Waals surface area contributed by atoms with Crippen LogP contribution in [-0.4, -0.2) is 37.1 Å². The van der Waals surface area contributed by atoms with E-state index in [2.05, 4.69) is 41.5 Å². The van der Waals surface area contributed by atoms with E-state index in [4.69, 9.17) is 4.99 Å². The fourth-order valence-corrected chi connectivity index (χ4v) is 4.42. The van der Waals surface area contributed by atoms with Gasteiger partial charge in [-0.05, 0) is 74.0 Å². The number of nitrogens with zero attached hydrogens (tertiary/aromatic N) is 3. The zero-order valence-corrected chi connectivity index (χ0v) is 21.1. The molecule has 0 aliphatic heterocycles. The Labute approximate surface area is 205 Å². The van der Waals surface area contributed by atoms with Crippen molar-refractivity contribution in [1.82, 2.24) is 10.2 Å². The monoisotopic (exact) mass is 464 g/mol. The van der Waals surface area contributed by atoms with Crippen molar-refractivity contribution in [1.29, 1.82) is 0 Å². The largest absolute Gasteiger partial charge is 0.373 e. The molecule has 0 saturated heterocycles. The van der Waals surface area contributed by atoms with E-state index in [1.54, 1.807) is 24.4 Å². The number of halogens is 1. The standard InChI is InChI=1S/C29H41FN4/c1-6-12-24(28(15-17-31-4)33-22-32-27-13-10-9-11-14-27)16-18-34(5)29(8-3)25-19-23(7-2)20-26(30)21-25/h6,12,15-21,27,29,32H,1,4,7-11,13-14,22H2,2-3,5H3/b17-15-,18-16-,24-12?,33-28?. The van der Waals surface area contributed by atoms with Crippen LogP contribution < -0.4 is 5.32 Å². The van der Waals surface area contributed by atoms with Crippen LogP contribution in [0.1, 0.15) is 69.5 Å². The van der Waals surface area contributed by atoms with Crippen LogP contribution in [0, 0.1) is 5.82 Å². The lowest BCUT2D eigenvalue weighted by molar-refractivity contribution is 0.327. The van der Waals surface area contributed by atoms with Gasteiger partial charge in [0, 0.05) is 24.9 Å². The van der Waals surface area contributed by atoms with Crippen LogP contribution >= 0.6 is 0 Å². The molecule has 1 aromatic rings. The molecule has 0 spiro atoms. The third kappa shape index (κ3) is 8.86. The second kappa shape index (κ2) is 15.2. The van der Waals surface area contributed by atoms with Gasteiger partial charge in [-0.3, -0.25) is 15.3 Å². The summed E-state index contributed by atoms with van der Waals surface area (Å²) in [5.41, 5.74) is 3.74. The lowest BCUT2D eigenvalue weighted by Gasteiger charge is -2.27. The van der Waals surface area contributed by atoms with Crippen molar-refractivity contribution >= 4 is 12.4 Å². The van der Waals surface area contributed by atoms with E-state index >= 15 is 0 Å². The molecule has 1 saturated carbocycles. The van der Waals surface area contributed by atoms with Gasteiger partial charge in [-0.1, -0.05) is 57.9 Å². The van der Waals surface area contributed by atoms with Crippen LogP contribution in [0.3, 0.4) is 0 Å². The topological polar surface area (TPSA) is 40.0 Å². The van der Waals surface area contributed by atoms with E-state index in [0.29, 0.717) is 12.7 Å². The summed E-state index contributed by atoms with van der Waals surface area (Å²) in [7, 11) is 2.02. The lowest BCUT2D eigenvalue weighted by Crippen LogP contribution is -2.31. The number of allylic oxidation sites excluding steroid dienone is 5. The summed E-state index contributed by atoms with van der Waals surface area (Å²) >= 11 is 0. The van der Waals surface area contributed by atoms with Crippen LogP contribution in [0.4, 0.5) is 4.39 Å². The van der Waals surface area contributed by atoms with Crippen LogP contribution in [0.15, 0.2) is 77.0 Å². The summed E-state index contributed by atoms with van der Waals surface area (Å²) in [4.78, 5) is 10.8. The quantitative estimate of drug-likeness (QED) is 0.254. The van der Waals surface area contributed by atoms with Crippen molar-refractivity contribution in [2.24, 2.45) is 9.98 Å². The number of aryl methyl sites for hydroxylation is 1. The molecule has 1 unspecified atom stereocenters. The number of hydrogen-bond donors (Lipinski definition) is 1. The molecule has 0 radical (unpaired) electrons. The summed E-state index contributed by atoms with van der Waals surface area (Å²) in [5.74, 6) is -0.181. The van der Waals surface area contributed by atoms with E-state index in [-0.39, 0.29) is 11.9 Å². The average Bonchev–Trinajstić information content (AvgIpc) is 2.84. The predicted octanol–water partition coefficient (Wildman–Crippen LogP) is 6.93. The van der Waals surface area contributed by atoms with Gasteiger partial charge >= 0.3 is 0 Å². The van der Waals surface area contributed by atoms with Crippen LogP contribution in [0.25, 0.3) is 0 Å². The van der Waals surface area contributed by atoms with Gasteiger partial charge in [0.05, 0.1) is 18.4 Å². The highest BCUT2D eigenvalue weighted by Gasteiger charge is 2.15. The zero-order valence-electron chi connectivity index (χ0n) is 21.1. The summed E-state index contributed by atoms with van der Waals surface area (Å²) in [6.45, 7) is 12.1. The fourth-order valence-electron chi connectivity index (χ4n) is 4.42. The van der Waals surface area contributed by atoms with Gasteiger partial charge in [-0.2, -0.15) is 0 Å². The fraction of sp³-hybridized carbons (Fsp3) is 0.448. The molecule has 1 aliphatic carbocycles. The van der Waals surface area contributed by atoms with E-state index < -0.39 is 0 Å². The van der Waals surface area contributed by atoms with Crippen molar-refractivity contribution < 1.29 is 4.39 Å². The van der Waals surface area contributed by atoms with E-state index in [9.17, 15) is 4.39 Å². The second-order valence-electron chi connectivity index (χ2n) is 8.75. The third-order valence-electron chi connectivity index (χ3n) is 6.31. The first-order valence-corrected chi connectivity index (χ1v) is 12.4. The third-order valence-corrected chi connectivity index (χ3v) is 6.31. The molecule has 1 aliphatic rings. The Bertz CT molecular complexity index is 907. The Morgan fingerprint density at radius 1 is 1.21 bits per heavy atom. The van der Waals surface area contributed by atoms with Crippen molar-refractivity contribution in [3.63, 3.8) is 0 Å². The normalized spacial score (nSPS) is 16.8. The molecule has 0 bridgehead atoms. The van der Waals surface area contributed by atoms with Gasteiger partial charge in [0.25, 0.3) is 0 Å². The number of rotatable bonds is 13. The Morgan fingerprint density at radius 3 is 2.62 bits per heavy atom. The Hall–Kier alpha value is -2.79. The van der Waals surface area contributed by atoms with Crippen molar-refractivity contribution in [3.05, 3.63) is 84.0 Å². The Balaban J connectivity index is 2.21. The molecule has 1 atom stereocenters. The van der Waals surface area contributed by atoms with Gasteiger partial charge in [0.15, 0.2) is 0 Å². The molecule has 1 fully saturated rings. The van der Waals surface area contributed by atoms with Gasteiger partial charge in [0.1, 0.15) is 5.82 Å². The molecule has 1 aromatic carbocycles. The van der Waals surface area contributed by atoms with Crippen LogP contribution in [0.5, 0.6) is 0 Å². The molecule has 0 heterocycles. The number of benzene rings is 1. The molecule has 0 aromatic heterocycles. The molecule has 4 nitrogen and oxygen atoms in total. The highest BCUT2D eigenvalue weighted by molar-refractivity contribution is 6.10. The highest BCUT2D eigenvalue weighted by atomic mass is 19.1. The van der Waals surface area contributed by atoms with Gasteiger partial charge in [0.2, 0.25) is 0 Å². The summed E-state index contributed by atoms with van der Waals surface area (Å²) < 4.78 is 14.2. The first-order valence-electron chi connectivity index (χ1n) is 12.4. The minimum absolute atomic E-state index is 0.0703. The van der Waals surface area contributed by atoms with Crippen molar-refractivity contribution in [3.8, 4) is 0 Å².